The normalized spacial score (nSPS) is 14.1. The van der Waals surface area contributed by atoms with Gasteiger partial charge in [-0.3, -0.25) is 4.79 Å². The van der Waals surface area contributed by atoms with Crippen LogP contribution in [0.25, 0.3) is 10.2 Å². The van der Waals surface area contributed by atoms with Gasteiger partial charge in [-0.15, -0.1) is 0 Å². The van der Waals surface area contributed by atoms with Gasteiger partial charge >= 0.3 is 0 Å². The van der Waals surface area contributed by atoms with Crippen molar-refractivity contribution in [1.82, 2.24) is 4.57 Å². The van der Waals surface area contributed by atoms with Crippen LogP contribution in [0.2, 0.25) is 5.02 Å². The Balaban J connectivity index is 1.81. The minimum atomic E-state index is -0.524. The zero-order chi connectivity index (χ0) is 17.6. The fourth-order valence-corrected chi connectivity index (χ4v) is 3.86. The van der Waals surface area contributed by atoms with Gasteiger partial charge in [-0.2, -0.15) is 4.99 Å². The molecule has 0 N–H and O–H groups in total. The molecule has 3 aromatic rings. The van der Waals surface area contributed by atoms with Gasteiger partial charge in [0.05, 0.1) is 20.8 Å². The minimum Gasteiger partial charge on any atom is -0.486 e. The zero-order valence-corrected chi connectivity index (χ0v) is 14.7. The summed E-state index contributed by atoms with van der Waals surface area (Å²) in [6.07, 6.45) is 0. The molecule has 8 heteroatoms. The summed E-state index contributed by atoms with van der Waals surface area (Å²) in [6.45, 7) is 1.01. The Hall–Kier alpha value is -2.38. The molecule has 0 radical (unpaired) electrons. The van der Waals surface area contributed by atoms with Crippen LogP contribution < -0.4 is 14.3 Å². The van der Waals surface area contributed by atoms with Crippen molar-refractivity contribution in [3.8, 4) is 11.5 Å². The van der Waals surface area contributed by atoms with Crippen molar-refractivity contribution < 1.29 is 18.7 Å². The third-order valence-electron chi connectivity index (χ3n) is 3.83. The first-order valence-corrected chi connectivity index (χ1v) is 8.65. The standard InChI is InChI=1S/C17H12ClFN2O3S/c1-21-12-7-13-14(24-5-4-23-13)8-15(12)25-17(21)20-16(22)10-3-2-9(19)6-11(10)18/h2-3,6-8H,4-5H2,1H3. The highest BCUT2D eigenvalue weighted by Gasteiger charge is 2.16. The summed E-state index contributed by atoms with van der Waals surface area (Å²) in [7, 11) is 1.81. The molecule has 2 aromatic carbocycles. The molecule has 1 amide bonds. The molecular formula is C17H12ClFN2O3S. The number of thiazole rings is 1. The summed E-state index contributed by atoms with van der Waals surface area (Å²) < 4.78 is 27.0. The molecule has 1 aliphatic rings. The van der Waals surface area contributed by atoms with E-state index in [1.54, 1.807) is 4.57 Å². The number of fused-ring (bicyclic) bond motifs is 2. The lowest BCUT2D eigenvalue weighted by atomic mass is 10.2. The minimum absolute atomic E-state index is 0.0368. The molecule has 5 nitrogen and oxygen atoms in total. The Morgan fingerprint density at radius 2 is 1.96 bits per heavy atom. The Bertz CT molecular complexity index is 1070. The van der Waals surface area contributed by atoms with Gasteiger partial charge in [0.1, 0.15) is 19.0 Å². The van der Waals surface area contributed by atoms with Gasteiger partial charge in [-0.25, -0.2) is 4.39 Å². The van der Waals surface area contributed by atoms with Crippen LogP contribution in [0, 0.1) is 5.82 Å². The number of benzene rings is 2. The fourth-order valence-electron chi connectivity index (χ4n) is 2.58. The molecule has 25 heavy (non-hydrogen) atoms. The van der Waals surface area contributed by atoms with Crippen molar-refractivity contribution in [2.45, 2.75) is 0 Å². The first kappa shape index (κ1) is 16.1. The van der Waals surface area contributed by atoms with E-state index in [4.69, 9.17) is 21.1 Å². The largest absolute Gasteiger partial charge is 0.486 e. The molecule has 0 saturated heterocycles. The Kier molecular flexibility index (Phi) is 3.97. The molecule has 0 spiro atoms. The number of nitrogens with zero attached hydrogens (tertiary/aromatic N) is 2. The van der Waals surface area contributed by atoms with Gasteiger partial charge in [-0.05, 0) is 18.2 Å². The lowest BCUT2D eigenvalue weighted by Gasteiger charge is -2.18. The summed E-state index contributed by atoms with van der Waals surface area (Å²) in [5.74, 6) is 0.329. The highest BCUT2D eigenvalue weighted by atomic mass is 35.5. The molecule has 0 saturated carbocycles. The predicted octanol–water partition coefficient (Wildman–Crippen LogP) is 3.54. The maximum absolute atomic E-state index is 13.1. The highest BCUT2D eigenvalue weighted by molar-refractivity contribution is 7.16. The van der Waals surface area contributed by atoms with Crippen molar-refractivity contribution in [3.05, 3.63) is 51.5 Å². The van der Waals surface area contributed by atoms with Gasteiger partial charge in [-0.1, -0.05) is 22.9 Å². The van der Waals surface area contributed by atoms with E-state index in [-0.39, 0.29) is 10.6 Å². The highest BCUT2D eigenvalue weighted by Crippen LogP contribution is 2.35. The van der Waals surface area contributed by atoms with Crippen LogP contribution in [-0.2, 0) is 7.05 Å². The number of halogens is 2. The number of carbonyl (C=O) groups is 1. The lowest BCUT2D eigenvalue weighted by Crippen LogP contribution is -2.15. The molecule has 0 fully saturated rings. The number of hydrogen-bond acceptors (Lipinski definition) is 4. The molecule has 2 heterocycles. The van der Waals surface area contributed by atoms with E-state index in [1.807, 2.05) is 19.2 Å². The van der Waals surface area contributed by atoms with E-state index >= 15 is 0 Å². The molecule has 0 atom stereocenters. The van der Waals surface area contributed by atoms with Crippen molar-refractivity contribution >= 4 is 39.1 Å². The summed E-state index contributed by atoms with van der Waals surface area (Å²) in [4.78, 5) is 17.0. The number of aromatic nitrogens is 1. The first-order chi connectivity index (χ1) is 12.0. The number of ether oxygens (including phenoxy) is 2. The number of aryl methyl sites for hydroxylation is 1. The van der Waals surface area contributed by atoms with E-state index < -0.39 is 11.7 Å². The second kappa shape index (κ2) is 6.16. The second-order valence-corrected chi connectivity index (χ2v) is 6.86. The van der Waals surface area contributed by atoms with Crippen LogP contribution in [0.3, 0.4) is 0 Å². The summed E-state index contributed by atoms with van der Waals surface area (Å²) >= 11 is 7.29. The average Bonchev–Trinajstić information content (AvgIpc) is 2.88. The Morgan fingerprint density at radius 3 is 2.68 bits per heavy atom. The van der Waals surface area contributed by atoms with E-state index in [1.165, 1.54) is 23.5 Å². The first-order valence-electron chi connectivity index (χ1n) is 7.46. The van der Waals surface area contributed by atoms with E-state index in [0.29, 0.717) is 29.5 Å². The van der Waals surface area contributed by atoms with E-state index in [9.17, 15) is 9.18 Å². The van der Waals surface area contributed by atoms with Gasteiger partial charge in [0.15, 0.2) is 16.3 Å². The SMILES string of the molecule is Cn1c(=NC(=O)c2ccc(F)cc2Cl)sc2cc3c(cc21)OCCO3. The van der Waals surface area contributed by atoms with Crippen LogP contribution in [0.1, 0.15) is 10.4 Å². The topological polar surface area (TPSA) is 52.8 Å². The quantitative estimate of drug-likeness (QED) is 0.650. The monoisotopic (exact) mass is 378 g/mol. The second-order valence-electron chi connectivity index (χ2n) is 5.45. The van der Waals surface area contributed by atoms with Gasteiger partial charge in [0.2, 0.25) is 0 Å². The van der Waals surface area contributed by atoms with Crippen molar-refractivity contribution in [1.29, 1.82) is 0 Å². The third-order valence-corrected chi connectivity index (χ3v) is 5.24. The number of rotatable bonds is 1. The molecule has 0 bridgehead atoms. The third kappa shape index (κ3) is 2.89. The lowest BCUT2D eigenvalue weighted by molar-refractivity contribution is 0.0998. The average molecular weight is 379 g/mol. The fraction of sp³-hybridized carbons (Fsp3) is 0.176. The maximum Gasteiger partial charge on any atom is 0.281 e. The number of hydrogen-bond donors (Lipinski definition) is 0. The molecular weight excluding hydrogens is 367 g/mol. The Morgan fingerprint density at radius 1 is 1.24 bits per heavy atom. The molecule has 1 aromatic heterocycles. The smallest absolute Gasteiger partial charge is 0.281 e. The van der Waals surface area contributed by atoms with Crippen molar-refractivity contribution in [3.63, 3.8) is 0 Å². The molecule has 4 rings (SSSR count). The van der Waals surface area contributed by atoms with Crippen LogP contribution in [0.15, 0.2) is 35.3 Å². The zero-order valence-electron chi connectivity index (χ0n) is 13.1. The Labute approximate surface area is 150 Å². The van der Waals surface area contributed by atoms with Crippen LogP contribution in [0.5, 0.6) is 11.5 Å². The van der Waals surface area contributed by atoms with Crippen LogP contribution in [0.4, 0.5) is 4.39 Å². The summed E-state index contributed by atoms with van der Waals surface area (Å²) in [6, 6.07) is 7.36. The molecule has 0 aliphatic carbocycles. The van der Waals surface area contributed by atoms with Crippen molar-refractivity contribution in [2.75, 3.05) is 13.2 Å². The van der Waals surface area contributed by atoms with Crippen LogP contribution >= 0.6 is 22.9 Å². The maximum atomic E-state index is 13.1. The van der Waals surface area contributed by atoms with Crippen LogP contribution in [-0.4, -0.2) is 23.7 Å². The summed E-state index contributed by atoms with van der Waals surface area (Å²) in [5.41, 5.74) is 1.04. The van der Waals surface area contributed by atoms with E-state index in [0.717, 1.165) is 16.3 Å². The number of amides is 1. The number of carbonyl (C=O) groups excluding carboxylic acids is 1. The summed E-state index contributed by atoms with van der Waals surface area (Å²) in [5, 5.41) is 0.0368. The molecule has 0 unspecified atom stereocenters. The molecule has 1 aliphatic heterocycles. The van der Waals surface area contributed by atoms with Crippen molar-refractivity contribution in [2.24, 2.45) is 12.0 Å². The van der Waals surface area contributed by atoms with Gasteiger partial charge in [0, 0.05) is 19.2 Å². The predicted molar refractivity (Wildman–Crippen MR) is 93.1 cm³/mol. The van der Waals surface area contributed by atoms with Gasteiger partial charge in [0.25, 0.3) is 5.91 Å². The van der Waals surface area contributed by atoms with E-state index in [2.05, 4.69) is 4.99 Å². The molecule has 128 valence electrons. The van der Waals surface area contributed by atoms with Gasteiger partial charge < -0.3 is 14.0 Å².